The summed E-state index contributed by atoms with van der Waals surface area (Å²) in [5, 5.41) is 11.9. The molecule has 1 aromatic carbocycles. The first-order chi connectivity index (χ1) is 10.3. The van der Waals surface area contributed by atoms with Gasteiger partial charge in [0, 0.05) is 23.7 Å². The summed E-state index contributed by atoms with van der Waals surface area (Å²) in [7, 11) is 0. The van der Waals surface area contributed by atoms with Crippen LogP contribution in [0.5, 0.6) is 0 Å². The summed E-state index contributed by atoms with van der Waals surface area (Å²) < 4.78 is 0. The zero-order valence-corrected chi connectivity index (χ0v) is 13.6. The molecule has 0 radical (unpaired) electrons. The highest BCUT2D eigenvalue weighted by atomic mass is 32.2. The van der Waals surface area contributed by atoms with Crippen LogP contribution < -0.4 is 5.32 Å². The first-order valence-electron chi connectivity index (χ1n) is 7.54. The number of rotatable bonds is 11. The van der Waals surface area contributed by atoms with Gasteiger partial charge in [0.1, 0.15) is 0 Å². The van der Waals surface area contributed by atoms with Crippen LogP contribution in [0.2, 0.25) is 0 Å². The van der Waals surface area contributed by atoms with E-state index in [9.17, 15) is 4.79 Å². The number of nitrogens with zero attached hydrogens (tertiary/aromatic N) is 1. The Morgan fingerprint density at radius 3 is 2.71 bits per heavy atom. The second-order valence-corrected chi connectivity index (χ2v) is 6.03. The molecule has 1 aromatic rings. The van der Waals surface area contributed by atoms with Crippen LogP contribution in [0, 0.1) is 0 Å². The van der Waals surface area contributed by atoms with Crippen LogP contribution in [0.4, 0.5) is 0 Å². The molecule has 0 aliphatic heterocycles. The van der Waals surface area contributed by atoms with E-state index in [2.05, 4.69) is 24.4 Å². The normalized spacial score (nSPS) is 10.8. The summed E-state index contributed by atoms with van der Waals surface area (Å²) in [6, 6.07) is 10.2. The van der Waals surface area contributed by atoms with Crippen molar-refractivity contribution < 1.29 is 9.90 Å². The number of thioether (sulfide) groups is 1. The molecule has 1 amide bonds. The fraction of sp³-hybridized carbons (Fsp3) is 0.562. The zero-order valence-electron chi connectivity index (χ0n) is 12.8. The molecule has 0 unspecified atom stereocenters. The molecule has 0 heterocycles. The third-order valence-corrected chi connectivity index (χ3v) is 4.06. The van der Waals surface area contributed by atoms with Crippen molar-refractivity contribution in [1.29, 1.82) is 0 Å². The Hall–Kier alpha value is -1.04. The Labute approximate surface area is 131 Å². The number of carbonyl (C=O) groups excluding carboxylic acids is 1. The maximum absolute atomic E-state index is 11.9. The van der Waals surface area contributed by atoms with Gasteiger partial charge in [0.05, 0.1) is 13.2 Å². The van der Waals surface area contributed by atoms with E-state index < -0.39 is 0 Å². The van der Waals surface area contributed by atoms with Gasteiger partial charge in [-0.05, 0) is 25.1 Å². The van der Waals surface area contributed by atoms with Gasteiger partial charge < -0.3 is 10.4 Å². The van der Waals surface area contributed by atoms with E-state index >= 15 is 0 Å². The van der Waals surface area contributed by atoms with Gasteiger partial charge in [0.2, 0.25) is 5.91 Å². The van der Waals surface area contributed by atoms with Crippen molar-refractivity contribution in [2.24, 2.45) is 0 Å². The van der Waals surface area contributed by atoms with Gasteiger partial charge in [0.25, 0.3) is 0 Å². The highest BCUT2D eigenvalue weighted by molar-refractivity contribution is 7.99. The number of nitrogens with one attached hydrogen (secondary N) is 1. The van der Waals surface area contributed by atoms with Crippen LogP contribution in [-0.2, 0) is 4.79 Å². The maximum Gasteiger partial charge on any atom is 0.234 e. The van der Waals surface area contributed by atoms with E-state index in [1.165, 1.54) is 4.90 Å². The molecule has 5 heteroatoms. The number of amides is 1. The standard InChI is InChI=1S/C16H26N2O2S/c1-2-3-10-18(11-12-19)14-16(20)17-9-13-21-15-7-5-4-6-8-15/h4-8,19H,2-3,9-14H2,1H3,(H,17,20). The van der Waals surface area contributed by atoms with Crippen molar-refractivity contribution in [3.63, 3.8) is 0 Å². The number of carbonyl (C=O) groups is 1. The van der Waals surface area contributed by atoms with E-state index in [4.69, 9.17) is 5.11 Å². The highest BCUT2D eigenvalue weighted by Crippen LogP contribution is 2.15. The highest BCUT2D eigenvalue weighted by Gasteiger charge is 2.09. The van der Waals surface area contributed by atoms with Crippen LogP contribution in [0.25, 0.3) is 0 Å². The lowest BCUT2D eigenvalue weighted by Gasteiger charge is -2.20. The van der Waals surface area contributed by atoms with Gasteiger partial charge in [-0.25, -0.2) is 0 Å². The van der Waals surface area contributed by atoms with Crippen LogP contribution >= 0.6 is 11.8 Å². The second-order valence-electron chi connectivity index (χ2n) is 4.86. The van der Waals surface area contributed by atoms with Crippen molar-refractivity contribution >= 4 is 17.7 Å². The quantitative estimate of drug-likeness (QED) is 0.485. The molecule has 0 saturated heterocycles. The lowest BCUT2D eigenvalue weighted by Crippen LogP contribution is -2.39. The maximum atomic E-state index is 11.9. The fourth-order valence-electron chi connectivity index (χ4n) is 1.93. The molecule has 0 aliphatic carbocycles. The first-order valence-corrected chi connectivity index (χ1v) is 8.52. The number of aliphatic hydroxyl groups excluding tert-OH is 1. The van der Waals surface area contributed by atoms with E-state index in [1.807, 2.05) is 23.1 Å². The first kappa shape index (κ1) is 18.0. The number of aliphatic hydroxyl groups is 1. The van der Waals surface area contributed by atoms with Crippen LogP contribution in [-0.4, -0.2) is 54.5 Å². The number of hydrogen-bond acceptors (Lipinski definition) is 4. The van der Waals surface area contributed by atoms with Gasteiger partial charge in [-0.2, -0.15) is 0 Å². The minimum absolute atomic E-state index is 0.0354. The summed E-state index contributed by atoms with van der Waals surface area (Å²) in [6.07, 6.45) is 2.15. The van der Waals surface area contributed by atoms with Crippen molar-refractivity contribution in [3.05, 3.63) is 30.3 Å². The Balaban J connectivity index is 2.16. The van der Waals surface area contributed by atoms with E-state index in [1.54, 1.807) is 11.8 Å². The molecule has 2 N–H and O–H groups in total. The van der Waals surface area contributed by atoms with Gasteiger partial charge in [0.15, 0.2) is 0 Å². The summed E-state index contributed by atoms with van der Waals surface area (Å²) in [5.41, 5.74) is 0. The molecular weight excluding hydrogens is 284 g/mol. The van der Waals surface area contributed by atoms with Crippen LogP contribution in [0.3, 0.4) is 0 Å². The minimum Gasteiger partial charge on any atom is -0.395 e. The van der Waals surface area contributed by atoms with Crippen LogP contribution in [0.15, 0.2) is 35.2 Å². The average molecular weight is 310 g/mol. The molecule has 0 aromatic heterocycles. The number of hydrogen-bond donors (Lipinski definition) is 2. The Kier molecular flexibility index (Phi) is 9.95. The third-order valence-electron chi connectivity index (χ3n) is 3.05. The second kappa shape index (κ2) is 11.6. The lowest BCUT2D eigenvalue weighted by atomic mass is 10.3. The van der Waals surface area contributed by atoms with E-state index in [-0.39, 0.29) is 12.5 Å². The summed E-state index contributed by atoms with van der Waals surface area (Å²) >= 11 is 1.74. The van der Waals surface area contributed by atoms with Crippen molar-refractivity contribution in [2.45, 2.75) is 24.7 Å². The van der Waals surface area contributed by atoms with Gasteiger partial charge >= 0.3 is 0 Å². The molecule has 0 fully saturated rings. The predicted octanol–water partition coefficient (Wildman–Crippen LogP) is 1.99. The van der Waals surface area contributed by atoms with E-state index in [0.29, 0.717) is 19.6 Å². The predicted molar refractivity (Wildman–Crippen MR) is 88.6 cm³/mol. The van der Waals surface area contributed by atoms with Gasteiger partial charge in [-0.3, -0.25) is 9.69 Å². The fourth-order valence-corrected chi connectivity index (χ4v) is 2.72. The molecule has 0 aliphatic rings. The van der Waals surface area contributed by atoms with Crippen LogP contribution in [0.1, 0.15) is 19.8 Å². The third kappa shape index (κ3) is 8.75. The Morgan fingerprint density at radius 2 is 2.05 bits per heavy atom. The van der Waals surface area contributed by atoms with Gasteiger partial charge in [-0.15, -0.1) is 11.8 Å². The molecule has 0 bridgehead atoms. The molecule has 1 rings (SSSR count). The lowest BCUT2D eigenvalue weighted by molar-refractivity contribution is -0.122. The SMILES string of the molecule is CCCCN(CCO)CC(=O)NCCSc1ccccc1. The smallest absolute Gasteiger partial charge is 0.234 e. The van der Waals surface area contributed by atoms with Crippen molar-refractivity contribution in [2.75, 3.05) is 38.5 Å². The monoisotopic (exact) mass is 310 g/mol. The Morgan fingerprint density at radius 1 is 1.29 bits per heavy atom. The summed E-state index contributed by atoms with van der Waals surface area (Å²) in [6.45, 7) is 4.68. The molecule has 4 nitrogen and oxygen atoms in total. The molecule has 21 heavy (non-hydrogen) atoms. The Bertz CT molecular complexity index is 387. The average Bonchev–Trinajstić information content (AvgIpc) is 2.50. The molecule has 0 atom stereocenters. The minimum atomic E-state index is 0.0354. The molecular formula is C16H26N2O2S. The largest absolute Gasteiger partial charge is 0.395 e. The van der Waals surface area contributed by atoms with Crippen molar-refractivity contribution in [3.8, 4) is 0 Å². The van der Waals surface area contributed by atoms with Crippen molar-refractivity contribution in [1.82, 2.24) is 10.2 Å². The van der Waals surface area contributed by atoms with Gasteiger partial charge in [-0.1, -0.05) is 31.5 Å². The van der Waals surface area contributed by atoms with E-state index in [0.717, 1.165) is 25.1 Å². The zero-order chi connectivity index (χ0) is 15.3. The molecule has 0 spiro atoms. The molecule has 0 saturated carbocycles. The topological polar surface area (TPSA) is 52.6 Å². The summed E-state index contributed by atoms with van der Waals surface area (Å²) in [4.78, 5) is 15.1. The number of benzene rings is 1. The number of unbranched alkanes of at least 4 members (excludes halogenated alkanes) is 1. The summed E-state index contributed by atoms with van der Waals surface area (Å²) in [5.74, 6) is 0.901. The molecule has 118 valence electrons.